The molecule has 1 nitrogen and oxygen atoms in total. The van der Waals surface area contributed by atoms with Gasteiger partial charge in [0.25, 0.3) is 0 Å². The molecule has 0 saturated carbocycles. The maximum Gasteiger partial charge on any atom is 0.120 e. The van der Waals surface area contributed by atoms with E-state index in [1.807, 2.05) is 0 Å². The Bertz CT molecular complexity index is 147. The second kappa shape index (κ2) is 3.55. The van der Waals surface area contributed by atoms with Crippen LogP contribution < -0.4 is 0 Å². The lowest BCUT2D eigenvalue weighted by Crippen LogP contribution is -2.05. The Balaban J connectivity index is 2.37. The molecule has 0 saturated heterocycles. The number of carbonyl (C=O) groups excluding carboxylic acids is 1. The molecule has 1 aliphatic carbocycles. The highest BCUT2D eigenvalue weighted by Crippen LogP contribution is 2.25. The number of hydrogen-bond acceptors (Lipinski definition) is 1. The molecule has 0 N–H and O–H groups in total. The van der Waals surface area contributed by atoms with Crippen molar-refractivity contribution in [2.45, 2.75) is 32.6 Å². The normalized spacial score (nSPS) is 25.7. The van der Waals surface area contributed by atoms with Gasteiger partial charge in [0.1, 0.15) is 6.29 Å². The van der Waals surface area contributed by atoms with Crippen molar-refractivity contribution in [3.63, 3.8) is 0 Å². The second-order valence-electron chi connectivity index (χ2n) is 3.10. The highest BCUT2D eigenvalue weighted by Gasteiger charge is 2.11. The van der Waals surface area contributed by atoms with Gasteiger partial charge in [-0.2, -0.15) is 0 Å². The van der Waals surface area contributed by atoms with Crippen molar-refractivity contribution in [3.8, 4) is 0 Å². The Hall–Kier alpha value is -0.590. The van der Waals surface area contributed by atoms with E-state index in [1.165, 1.54) is 18.4 Å². The molecular weight excluding hydrogens is 124 g/mol. The molecule has 1 heteroatoms. The van der Waals surface area contributed by atoms with Crippen LogP contribution in [-0.4, -0.2) is 6.29 Å². The third-order valence-electron chi connectivity index (χ3n) is 2.11. The van der Waals surface area contributed by atoms with Crippen molar-refractivity contribution in [1.29, 1.82) is 0 Å². The predicted molar refractivity (Wildman–Crippen MR) is 41.8 cm³/mol. The van der Waals surface area contributed by atoms with Crippen molar-refractivity contribution in [3.05, 3.63) is 11.6 Å². The van der Waals surface area contributed by atoms with Gasteiger partial charge in [0.05, 0.1) is 0 Å². The van der Waals surface area contributed by atoms with E-state index < -0.39 is 0 Å². The van der Waals surface area contributed by atoms with Crippen LogP contribution in [-0.2, 0) is 4.79 Å². The molecule has 1 rings (SSSR count). The lowest BCUT2D eigenvalue weighted by atomic mass is 9.88. The first-order chi connectivity index (χ1) is 4.83. The highest BCUT2D eigenvalue weighted by atomic mass is 16.1. The summed E-state index contributed by atoms with van der Waals surface area (Å²) in [5.74, 6) is 0.641. The molecule has 1 aliphatic rings. The molecule has 0 aromatic carbocycles. The van der Waals surface area contributed by atoms with Crippen molar-refractivity contribution >= 4 is 6.29 Å². The molecule has 56 valence electrons. The van der Waals surface area contributed by atoms with Gasteiger partial charge in [-0.3, -0.25) is 0 Å². The summed E-state index contributed by atoms with van der Waals surface area (Å²) in [5, 5.41) is 0. The number of allylic oxidation sites excluding steroid dienone is 2. The monoisotopic (exact) mass is 138 g/mol. The fourth-order valence-corrected chi connectivity index (χ4v) is 1.54. The van der Waals surface area contributed by atoms with E-state index in [-0.39, 0.29) is 0 Å². The Morgan fingerprint density at radius 3 is 3.20 bits per heavy atom. The van der Waals surface area contributed by atoms with Gasteiger partial charge in [-0.25, -0.2) is 0 Å². The molecular formula is C9H14O. The van der Waals surface area contributed by atoms with Gasteiger partial charge in [-0.1, -0.05) is 11.6 Å². The van der Waals surface area contributed by atoms with E-state index in [9.17, 15) is 4.79 Å². The highest BCUT2D eigenvalue weighted by molar-refractivity contribution is 5.49. The van der Waals surface area contributed by atoms with E-state index in [0.29, 0.717) is 5.92 Å². The molecule has 1 unspecified atom stereocenters. The predicted octanol–water partition coefficient (Wildman–Crippen LogP) is 2.32. The zero-order valence-corrected chi connectivity index (χ0v) is 6.47. The molecule has 0 amide bonds. The number of rotatable bonds is 2. The van der Waals surface area contributed by atoms with Crippen molar-refractivity contribution in [2.24, 2.45) is 5.92 Å². The first-order valence-electron chi connectivity index (χ1n) is 3.92. The first-order valence-corrected chi connectivity index (χ1v) is 3.92. The molecule has 0 radical (unpaired) electrons. The van der Waals surface area contributed by atoms with E-state index in [0.717, 1.165) is 19.1 Å². The van der Waals surface area contributed by atoms with Crippen LogP contribution in [0.4, 0.5) is 0 Å². The molecule has 10 heavy (non-hydrogen) atoms. The number of carbonyl (C=O) groups is 1. The van der Waals surface area contributed by atoms with Crippen LogP contribution in [0.3, 0.4) is 0 Å². The summed E-state index contributed by atoms with van der Waals surface area (Å²) in [6.07, 6.45) is 7.59. The Kier molecular flexibility index (Phi) is 2.67. The smallest absolute Gasteiger partial charge is 0.120 e. The zero-order chi connectivity index (χ0) is 7.40. The molecule has 0 aliphatic heterocycles. The van der Waals surface area contributed by atoms with Crippen molar-refractivity contribution in [2.75, 3.05) is 0 Å². The minimum absolute atomic E-state index is 0.641. The van der Waals surface area contributed by atoms with Gasteiger partial charge in [0, 0.05) is 6.42 Å². The summed E-state index contributed by atoms with van der Waals surface area (Å²) in [4.78, 5) is 10.2. The zero-order valence-electron chi connectivity index (χ0n) is 6.47. The van der Waals surface area contributed by atoms with Crippen LogP contribution in [0.25, 0.3) is 0 Å². The minimum Gasteiger partial charge on any atom is -0.303 e. The van der Waals surface area contributed by atoms with Crippen LogP contribution in [0.1, 0.15) is 32.6 Å². The van der Waals surface area contributed by atoms with Crippen LogP contribution in [0.5, 0.6) is 0 Å². The lowest BCUT2D eigenvalue weighted by molar-refractivity contribution is -0.108. The maximum absolute atomic E-state index is 10.2. The summed E-state index contributed by atoms with van der Waals surface area (Å²) < 4.78 is 0. The van der Waals surface area contributed by atoms with Crippen LogP contribution in [0, 0.1) is 5.92 Å². The van der Waals surface area contributed by atoms with Crippen LogP contribution in [0.15, 0.2) is 11.6 Å². The molecule has 0 aromatic rings. The van der Waals surface area contributed by atoms with Crippen LogP contribution in [0.2, 0.25) is 0 Å². The average Bonchev–Trinajstić information content (AvgIpc) is 1.88. The third-order valence-corrected chi connectivity index (χ3v) is 2.11. The topological polar surface area (TPSA) is 17.1 Å². The molecule has 0 spiro atoms. The summed E-state index contributed by atoms with van der Waals surface area (Å²) >= 11 is 0. The van der Waals surface area contributed by atoms with Crippen molar-refractivity contribution < 1.29 is 4.79 Å². The van der Waals surface area contributed by atoms with Gasteiger partial charge in [-0.15, -0.1) is 0 Å². The summed E-state index contributed by atoms with van der Waals surface area (Å²) in [6, 6.07) is 0. The quantitative estimate of drug-likeness (QED) is 0.423. The van der Waals surface area contributed by atoms with E-state index >= 15 is 0 Å². The van der Waals surface area contributed by atoms with Gasteiger partial charge in [0.15, 0.2) is 0 Å². The van der Waals surface area contributed by atoms with Gasteiger partial charge < -0.3 is 4.79 Å². The first kappa shape index (κ1) is 7.52. The fourth-order valence-electron chi connectivity index (χ4n) is 1.54. The number of aldehydes is 1. The standard InChI is InChI=1S/C9H14O/c1-8-3-2-4-9(7-8)5-6-10/h3,6,9H,2,4-5,7H2,1H3. The van der Waals surface area contributed by atoms with E-state index in [1.54, 1.807) is 0 Å². The third kappa shape index (κ3) is 1.98. The van der Waals surface area contributed by atoms with Crippen molar-refractivity contribution in [1.82, 2.24) is 0 Å². The molecule has 0 heterocycles. The fraction of sp³-hybridized carbons (Fsp3) is 0.667. The summed E-state index contributed by atoms with van der Waals surface area (Å²) in [5.41, 5.74) is 1.46. The Morgan fingerprint density at radius 2 is 2.60 bits per heavy atom. The van der Waals surface area contributed by atoms with Gasteiger partial charge >= 0.3 is 0 Å². The minimum atomic E-state index is 0.641. The molecule has 0 fully saturated rings. The summed E-state index contributed by atoms with van der Waals surface area (Å²) in [7, 11) is 0. The average molecular weight is 138 g/mol. The van der Waals surface area contributed by atoms with E-state index in [2.05, 4.69) is 13.0 Å². The molecule has 0 aromatic heterocycles. The Labute approximate surface area is 62.1 Å². The largest absolute Gasteiger partial charge is 0.303 e. The van der Waals surface area contributed by atoms with Gasteiger partial charge in [0.2, 0.25) is 0 Å². The summed E-state index contributed by atoms with van der Waals surface area (Å²) in [6.45, 7) is 2.15. The van der Waals surface area contributed by atoms with E-state index in [4.69, 9.17) is 0 Å². The maximum atomic E-state index is 10.2. The lowest BCUT2D eigenvalue weighted by Gasteiger charge is -2.17. The molecule has 0 bridgehead atoms. The Morgan fingerprint density at radius 1 is 1.80 bits per heavy atom. The second-order valence-corrected chi connectivity index (χ2v) is 3.10. The SMILES string of the molecule is CC1=CCCC(CC=O)C1. The van der Waals surface area contributed by atoms with Crippen LogP contribution >= 0.6 is 0 Å². The number of hydrogen-bond donors (Lipinski definition) is 0. The van der Waals surface area contributed by atoms with Gasteiger partial charge in [-0.05, 0) is 32.1 Å². The molecule has 1 atom stereocenters.